The summed E-state index contributed by atoms with van der Waals surface area (Å²) in [5.74, 6) is -0.0748. The molecule has 2 aromatic rings. The fourth-order valence-corrected chi connectivity index (χ4v) is 5.07. The van der Waals surface area contributed by atoms with Gasteiger partial charge in [-0.3, -0.25) is 4.79 Å². The lowest BCUT2D eigenvalue weighted by atomic mass is 9.80. The molecule has 0 unspecified atom stereocenters. The quantitative estimate of drug-likeness (QED) is 0.813. The minimum absolute atomic E-state index is 0.0207. The maximum Gasteiger partial charge on any atom is 0.173 e. The number of carbonyl (C=O) groups excluding carboxylic acids is 1. The average molecular weight is 392 g/mol. The largest absolute Gasteiger partial charge is 0.511 e. The van der Waals surface area contributed by atoms with E-state index in [1.165, 1.54) is 6.07 Å². The highest BCUT2D eigenvalue weighted by molar-refractivity contribution is 6.32. The summed E-state index contributed by atoms with van der Waals surface area (Å²) in [7, 11) is 1.82. The standard InChI is InChI=1S/C23H22BFO4/c1-2-11-9-13(28-16-6-3-12(24)10-15(16)25)4-5-14(11)19-22(26)20-17-7-8-18(29-17)21(20)23(19)27/h3-6,9-10,17-18,20-21,26H,2,7-8,24H2,1H3/t17-,18+,20-,21+/m1/s1. The Bertz CT molecular complexity index is 1050. The second-order valence-corrected chi connectivity index (χ2v) is 8.17. The molecule has 1 aliphatic carbocycles. The normalized spacial score (nSPS) is 27.6. The number of ether oxygens (including phenoxy) is 2. The Labute approximate surface area is 169 Å². The van der Waals surface area contributed by atoms with Crippen molar-refractivity contribution in [1.29, 1.82) is 0 Å². The first-order chi connectivity index (χ1) is 14.0. The molecule has 6 heteroatoms. The summed E-state index contributed by atoms with van der Waals surface area (Å²) in [5.41, 5.74) is 2.87. The summed E-state index contributed by atoms with van der Waals surface area (Å²) in [6.07, 6.45) is 2.31. The number of aryl methyl sites for hydroxylation is 1. The molecule has 0 radical (unpaired) electrons. The zero-order valence-electron chi connectivity index (χ0n) is 16.4. The highest BCUT2D eigenvalue weighted by Gasteiger charge is 2.59. The van der Waals surface area contributed by atoms with Crippen molar-refractivity contribution in [3.63, 3.8) is 0 Å². The summed E-state index contributed by atoms with van der Waals surface area (Å²) >= 11 is 0. The van der Waals surface area contributed by atoms with Gasteiger partial charge in [-0.2, -0.15) is 0 Å². The summed E-state index contributed by atoms with van der Waals surface area (Å²) in [5, 5.41) is 10.9. The molecule has 5 rings (SSSR count). The maximum absolute atomic E-state index is 14.1. The van der Waals surface area contributed by atoms with Gasteiger partial charge in [-0.1, -0.05) is 24.5 Å². The molecule has 1 N–H and O–H groups in total. The third kappa shape index (κ3) is 2.81. The van der Waals surface area contributed by atoms with E-state index in [0.717, 1.165) is 29.4 Å². The van der Waals surface area contributed by atoms with Crippen LogP contribution in [0, 0.1) is 17.7 Å². The van der Waals surface area contributed by atoms with Crippen LogP contribution < -0.4 is 10.2 Å². The van der Waals surface area contributed by atoms with Gasteiger partial charge in [0.05, 0.1) is 29.6 Å². The number of halogens is 1. The van der Waals surface area contributed by atoms with Crippen molar-refractivity contribution in [2.45, 2.75) is 38.4 Å². The number of aliphatic hydroxyl groups is 1. The Morgan fingerprint density at radius 2 is 1.93 bits per heavy atom. The molecular formula is C23H22BFO4. The van der Waals surface area contributed by atoms with Crippen molar-refractivity contribution in [3.05, 3.63) is 59.1 Å². The van der Waals surface area contributed by atoms with Crippen LogP contribution in [-0.2, 0) is 16.0 Å². The predicted octanol–water partition coefficient (Wildman–Crippen LogP) is 3.08. The summed E-state index contributed by atoms with van der Waals surface area (Å²) < 4.78 is 25.7. The Morgan fingerprint density at radius 3 is 2.62 bits per heavy atom. The minimum atomic E-state index is -0.415. The summed E-state index contributed by atoms with van der Waals surface area (Å²) in [6, 6.07) is 10.2. The molecular weight excluding hydrogens is 370 g/mol. The van der Waals surface area contributed by atoms with Crippen molar-refractivity contribution < 1.29 is 23.8 Å². The van der Waals surface area contributed by atoms with E-state index in [0.29, 0.717) is 17.7 Å². The van der Waals surface area contributed by atoms with E-state index >= 15 is 0 Å². The van der Waals surface area contributed by atoms with Crippen LogP contribution in [0.1, 0.15) is 30.9 Å². The van der Waals surface area contributed by atoms with Crippen LogP contribution in [0.25, 0.3) is 5.57 Å². The predicted molar refractivity (Wildman–Crippen MR) is 110 cm³/mol. The van der Waals surface area contributed by atoms with E-state index in [2.05, 4.69) is 0 Å². The number of aliphatic hydroxyl groups excluding tert-OH is 1. The van der Waals surface area contributed by atoms with Crippen molar-refractivity contribution in [3.8, 4) is 11.5 Å². The number of hydrogen-bond acceptors (Lipinski definition) is 4. The zero-order chi connectivity index (χ0) is 20.3. The number of benzene rings is 2. The molecule has 2 saturated heterocycles. The minimum Gasteiger partial charge on any atom is -0.511 e. The number of rotatable bonds is 4. The van der Waals surface area contributed by atoms with Crippen LogP contribution in [0.2, 0.25) is 0 Å². The van der Waals surface area contributed by atoms with Gasteiger partial charge in [-0.05, 0) is 54.7 Å². The zero-order valence-corrected chi connectivity index (χ0v) is 16.4. The molecule has 4 nitrogen and oxygen atoms in total. The Hall–Kier alpha value is -2.60. The highest BCUT2D eigenvalue weighted by atomic mass is 19.1. The Kier molecular flexibility index (Phi) is 4.28. The molecule has 0 saturated carbocycles. The number of allylic oxidation sites excluding steroid dienone is 1. The monoisotopic (exact) mass is 392 g/mol. The second-order valence-electron chi connectivity index (χ2n) is 8.17. The Morgan fingerprint density at radius 1 is 1.17 bits per heavy atom. The lowest BCUT2D eigenvalue weighted by Gasteiger charge is -2.19. The van der Waals surface area contributed by atoms with E-state index in [4.69, 9.17) is 9.47 Å². The van der Waals surface area contributed by atoms with Gasteiger partial charge in [0.15, 0.2) is 17.3 Å². The molecule has 2 aliphatic heterocycles. The third-order valence-corrected chi connectivity index (χ3v) is 6.44. The number of ketones is 1. The molecule has 3 aliphatic rings. The van der Waals surface area contributed by atoms with E-state index in [1.54, 1.807) is 24.3 Å². The van der Waals surface area contributed by atoms with E-state index in [1.807, 2.05) is 20.8 Å². The van der Waals surface area contributed by atoms with Crippen LogP contribution in [-0.4, -0.2) is 30.9 Å². The van der Waals surface area contributed by atoms with Gasteiger partial charge < -0.3 is 14.6 Å². The lowest BCUT2D eigenvalue weighted by molar-refractivity contribution is -0.118. The maximum atomic E-state index is 14.1. The van der Waals surface area contributed by atoms with Gasteiger partial charge >= 0.3 is 0 Å². The van der Waals surface area contributed by atoms with Crippen LogP contribution >= 0.6 is 0 Å². The topological polar surface area (TPSA) is 55.8 Å². The summed E-state index contributed by atoms with van der Waals surface area (Å²) in [4.78, 5) is 13.1. The molecule has 2 aromatic carbocycles. The van der Waals surface area contributed by atoms with Gasteiger partial charge in [0.2, 0.25) is 0 Å². The van der Waals surface area contributed by atoms with Crippen LogP contribution in [0.3, 0.4) is 0 Å². The van der Waals surface area contributed by atoms with Crippen LogP contribution in [0.4, 0.5) is 4.39 Å². The summed E-state index contributed by atoms with van der Waals surface area (Å²) in [6.45, 7) is 1.99. The molecule has 0 spiro atoms. The third-order valence-electron chi connectivity index (χ3n) is 6.44. The average Bonchev–Trinajstić information content (AvgIpc) is 3.38. The Balaban J connectivity index is 1.49. The molecule has 0 aromatic heterocycles. The van der Waals surface area contributed by atoms with Crippen molar-refractivity contribution in [2.75, 3.05) is 0 Å². The van der Waals surface area contributed by atoms with Gasteiger partial charge in [0.25, 0.3) is 0 Å². The SMILES string of the molecule is Bc1ccc(Oc2ccc(C3=C(O)[C@H]4[C@@H](C3=O)[C@@H]3CC[C@H]4O3)c(CC)c2)c(F)c1. The number of carbonyl (C=O) groups is 1. The second kappa shape index (κ2) is 6.73. The molecule has 2 heterocycles. The molecule has 0 amide bonds. The number of fused-ring (bicyclic) bond motifs is 5. The first-order valence-corrected chi connectivity index (χ1v) is 10.2. The first kappa shape index (κ1) is 18.4. The van der Waals surface area contributed by atoms with Gasteiger partial charge in [-0.25, -0.2) is 4.39 Å². The smallest absolute Gasteiger partial charge is 0.173 e. The van der Waals surface area contributed by atoms with Crippen LogP contribution in [0.15, 0.2) is 42.2 Å². The number of Topliss-reactive ketones (excluding diaryl/α,β-unsaturated/α-hetero) is 1. The van der Waals surface area contributed by atoms with Gasteiger partial charge in [-0.15, -0.1) is 0 Å². The molecule has 4 atom stereocenters. The molecule has 148 valence electrons. The first-order valence-electron chi connectivity index (χ1n) is 10.2. The van der Waals surface area contributed by atoms with Gasteiger partial charge in [0.1, 0.15) is 19.4 Å². The molecule has 2 fully saturated rings. The molecule has 2 bridgehead atoms. The fourth-order valence-electron chi connectivity index (χ4n) is 5.07. The molecule has 29 heavy (non-hydrogen) atoms. The van der Waals surface area contributed by atoms with E-state index in [-0.39, 0.29) is 41.3 Å². The van der Waals surface area contributed by atoms with E-state index < -0.39 is 5.82 Å². The lowest BCUT2D eigenvalue weighted by Crippen LogP contribution is -2.29. The van der Waals surface area contributed by atoms with Crippen LogP contribution in [0.5, 0.6) is 11.5 Å². The number of hydrogen-bond donors (Lipinski definition) is 1. The van der Waals surface area contributed by atoms with Gasteiger partial charge in [0, 0.05) is 0 Å². The van der Waals surface area contributed by atoms with E-state index in [9.17, 15) is 14.3 Å². The highest BCUT2D eigenvalue weighted by Crippen LogP contribution is 2.53. The fraction of sp³-hybridized carbons (Fsp3) is 0.348. The van der Waals surface area contributed by atoms with Crippen molar-refractivity contribution in [1.82, 2.24) is 0 Å². The van der Waals surface area contributed by atoms with Crippen molar-refractivity contribution >= 4 is 24.7 Å². The van der Waals surface area contributed by atoms with Crippen molar-refractivity contribution in [2.24, 2.45) is 11.8 Å².